The summed E-state index contributed by atoms with van der Waals surface area (Å²) in [6.07, 6.45) is 3.34. The molecule has 5 heteroatoms. The first-order valence-corrected chi connectivity index (χ1v) is 8.55. The molecule has 2 N–H and O–H groups in total. The van der Waals surface area contributed by atoms with Gasteiger partial charge in [0, 0.05) is 31.4 Å². The number of hydrogen-bond acceptors (Lipinski definition) is 5. The fourth-order valence-electron chi connectivity index (χ4n) is 3.25. The van der Waals surface area contributed by atoms with Crippen molar-refractivity contribution < 1.29 is 4.74 Å². The van der Waals surface area contributed by atoms with Gasteiger partial charge in [0.05, 0.1) is 7.11 Å². The van der Waals surface area contributed by atoms with E-state index in [-0.39, 0.29) is 6.17 Å². The molecule has 2 aliphatic rings. The van der Waals surface area contributed by atoms with Crippen LogP contribution in [0, 0.1) is 0 Å². The number of likely N-dealkylation sites (N-methyl/N-ethyl adjacent to an activating group) is 1. The topological polar surface area (TPSA) is 48.9 Å². The van der Waals surface area contributed by atoms with Crippen LogP contribution in [0.15, 0.2) is 46.7 Å². The van der Waals surface area contributed by atoms with Gasteiger partial charge in [-0.15, -0.1) is 0 Å². The Morgan fingerprint density at radius 2 is 2.21 bits per heavy atom. The van der Waals surface area contributed by atoms with Crippen LogP contribution in [0.2, 0.25) is 0 Å². The van der Waals surface area contributed by atoms with Crippen LogP contribution in [0.25, 0.3) is 5.57 Å². The molecule has 1 aromatic rings. The lowest BCUT2D eigenvalue weighted by molar-refractivity contribution is 0.289. The molecular weight excluding hydrogens is 300 g/mol. The zero-order chi connectivity index (χ0) is 17.1. The summed E-state index contributed by atoms with van der Waals surface area (Å²) in [5.41, 5.74) is 4.93. The summed E-state index contributed by atoms with van der Waals surface area (Å²) in [7, 11) is 1.71. The van der Waals surface area contributed by atoms with Crippen molar-refractivity contribution in [2.24, 2.45) is 4.99 Å². The van der Waals surface area contributed by atoms with Crippen LogP contribution in [0.5, 0.6) is 5.75 Å². The van der Waals surface area contributed by atoms with Crippen molar-refractivity contribution in [3.05, 3.63) is 47.3 Å². The molecule has 2 aliphatic heterocycles. The molecule has 3 rings (SSSR count). The second kappa shape index (κ2) is 6.99. The van der Waals surface area contributed by atoms with E-state index in [0.29, 0.717) is 0 Å². The Morgan fingerprint density at radius 1 is 1.38 bits per heavy atom. The van der Waals surface area contributed by atoms with Gasteiger partial charge in [0.2, 0.25) is 0 Å². The van der Waals surface area contributed by atoms with Crippen LogP contribution in [0.1, 0.15) is 32.8 Å². The number of methoxy groups -OCH3 is 1. The molecule has 24 heavy (non-hydrogen) atoms. The minimum atomic E-state index is 0.177. The van der Waals surface area contributed by atoms with E-state index in [0.717, 1.165) is 36.9 Å². The van der Waals surface area contributed by atoms with E-state index >= 15 is 0 Å². The minimum Gasteiger partial charge on any atom is -0.497 e. The summed E-state index contributed by atoms with van der Waals surface area (Å²) in [6, 6.07) is 8.26. The third kappa shape index (κ3) is 3.11. The van der Waals surface area contributed by atoms with Gasteiger partial charge in [-0.2, -0.15) is 0 Å². The molecule has 0 spiro atoms. The molecular formula is C19H26N4O. The molecule has 0 amide bonds. The number of benzene rings is 1. The van der Waals surface area contributed by atoms with Gasteiger partial charge in [-0.1, -0.05) is 12.1 Å². The number of nitrogens with one attached hydrogen (secondary N) is 2. The zero-order valence-corrected chi connectivity index (χ0v) is 14.9. The molecule has 2 heterocycles. The maximum absolute atomic E-state index is 5.37. The van der Waals surface area contributed by atoms with Crippen LogP contribution in [-0.4, -0.2) is 37.2 Å². The quantitative estimate of drug-likeness (QED) is 0.893. The molecule has 0 aliphatic carbocycles. The fourth-order valence-corrected chi connectivity index (χ4v) is 3.25. The Morgan fingerprint density at radius 3 is 2.92 bits per heavy atom. The maximum Gasteiger partial charge on any atom is 0.198 e. The summed E-state index contributed by atoms with van der Waals surface area (Å²) in [4.78, 5) is 7.02. The number of nitrogens with zero attached hydrogens (tertiary/aromatic N) is 2. The highest BCUT2D eigenvalue weighted by Crippen LogP contribution is 2.35. The molecule has 0 aromatic heterocycles. The lowest BCUT2D eigenvalue weighted by Crippen LogP contribution is -2.54. The van der Waals surface area contributed by atoms with Gasteiger partial charge in [-0.25, -0.2) is 4.99 Å². The molecule has 0 bridgehead atoms. The fraction of sp³-hybridized carbons (Fsp3) is 0.421. The summed E-state index contributed by atoms with van der Waals surface area (Å²) >= 11 is 0. The highest BCUT2D eigenvalue weighted by Gasteiger charge is 2.30. The lowest BCUT2D eigenvalue weighted by atomic mass is 9.91. The average Bonchev–Trinajstić information content (AvgIpc) is 2.61. The smallest absolute Gasteiger partial charge is 0.198 e. The van der Waals surface area contributed by atoms with E-state index in [1.54, 1.807) is 7.11 Å². The summed E-state index contributed by atoms with van der Waals surface area (Å²) in [5, 5.41) is 6.81. The van der Waals surface area contributed by atoms with E-state index in [9.17, 15) is 0 Å². The van der Waals surface area contributed by atoms with E-state index < -0.39 is 0 Å². The molecule has 1 atom stereocenters. The number of allylic oxidation sites excluding steroid dienone is 2. The molecule has 0 saturated carbocycles. The Labute approximate surface area is 144 Å². The predicted molar refractivity (Wildman–Crippen MR) is 98.7 cm³/mol. The van der Waals surface area contributed by atoms with Gasteiger partial charge in [0.25, 0.3) is 0 Å². The van der Waals surface area contributed by atoms with Gasteiger partial charge in [0.15, 0.2) is 5.96 Å². The first-order chi connectivity index (χ1) is 11.7. The third-order valence-corrected chi connectivity index (χ3v) is 4.53. The Hall–Kier alpha value is -2.43. The van der Waals surface area contributed by atoms with Crippen LogP contribution >= 0.6 is 0 Å². The molecule has 0 fully saturated rings. The first kappa shape index (κ1) is 16.4. The molecule has 1 unspecified atom stereocenters. The highest BCUT2D eigenvalue weighted by atomic mass is 16.5. The van der Waals surface area contributed by atoms with Crippen LogP contribution < -0.4 is 15.4 Å². The zero-order valence-electron chi connectivity index (χ0n) is 14.9. The third-order valence-electron chi connectivity index (χ3n) is 4.53. The van der Waals surface area contributed by atoms with Crippen molar-refractivity contribution in [2.45, 2.75) is 33.4 Å². The number of hydrogen-bond donors (Lipinski definition) is 2. The van der Waals surface area contributed by atoms with Gasteiger partial charge >= 0.3 is 0 Å². The molecule has 5 nitrogen and oxygen atoms in total. The number of guanidine groups is 1. The number of rotatable bonds is 4. The van der Waals surface area contributed by atoms with E-state index in [1.165, 1.54) is 16.7 Å². The van der Waals surface area contributed by atoms with Crippen molar-refractivity contribution in [2.75, 3.05) is 20.2 Å². The summed E-state index contributed by atoms with van der Waals surface area (Å²) < 4.78 is 5.37. The minimum absolute atomic E-state index is 0.177. The van der Waals surface area contributed by atoms with Crippen LogP contribution in [-0.2, 0) is 0 Å². The van der Waals surface area contributed by atoms with Gasteiger partial charge < -0.3 is 20.3 Å². The molecule has 1 aromatic carbocycles. The molecule has 0 radical (unpaired) electrons. The first-order valence-electron chi connectivity index (χ1n) is 8.55. The van der Waals surface area contributed by atoms with E-state index in [2.05, 4.69) is 59.6 Å². The van der Waals surface area contributed by atoms with E-state index in [4.69, 9.17) is 4.74 Å². The molecule has 0 saturated heterocycles. The molecule has 128 valence electrons. The normalized spacial score (nSPS) is 20.0. The van der Waals surface area contributed by atoms with Gasteiger partial charge in [-0.3, -0.25) is 0 Å². The second-order valence-corrected chi connectivity index (χ2v) is 6.04. The predicted octanol–water partition coefficient (Wildman–Crippen LogP) is 2.93. The van der Waals surface area contributed by atoms with Crippen molar-refractivity contribution in [3.8, 4) is 5.75 Å². The average molecular weight is 326 g/mol. The summed E-state index contributed by atoms with van der Waals surface area (Å²) in [5.74, 6) is 1.75. The van der Waals surface area contributed by atoms with Crippen molar-refractivity contribution in [1.82, 2.24) is 15.5 Å². The van der Waals surface area contributed by atoms with Crippen LogP contribution in [0.4, 0.5) is 0 Å². The van der Waals surface area contributed by atoms with Crippen LogP contribution in [0.3, 0.4) is 0 Å². The van der Waals surface area contributed by atoms with Crippen molar-refractivity contribution in [1.29, 1.82) is 0 Å². The van der Waals surface area contributed by atoms with E-state index in [1.807, 2.05) is 12.1 Å². The largest absolute Gasteiger partial charge is 0.497 e. The lowest BCUT2D eigenvalue weighted by Gasteiger charge is -2.40. The van der Waals surface area contributed by atoms with Crippen molar-refractivity contribution in [3.63, 3.8) is 0 Å². The highest BCUT2D eigenvalue weighted by molar-refractivity contribution is 5.83. The SMILES string of the molecule is CCNC1=NC(C)=C2CC(c3cccc(OC)c3)=CN(CC)C2N1. The second-order valence-electron chi connectivity index (χ2n) is 6.04. The monoisotopic (exact) mass is 326 g/mol. The Kier molecular flexibility index (Phi) is 4.79. The number of ether oxygens (including phenoxy) is 1. The maximum atomic E-state index is 5.37. The Bertz CT molecular complexity index is 705. The standard InChI is InChI=1S/C19H26N4O/c1-5-20-19-21-13(3)17-11-15(12-23(6-2)18(17)22-19)14-8-7-9-16(10-14)24-4/h7-10,12,18H,5-6,11H2,1-4H3,(H2,20,21,22). The van der Waals surface area contributed by atoms with Gasteiger partial charge in [0.1, 0.15) is 11.9 Å². The van der Waals surface area contributed by atoms with Crippen molar-refractivity contribution >= 4 is 11.5 Å². The Balaban J connectivity index is 1.96. The number of aliphatic imine (C=N–C) groups is 1. The number of fused-ring (bicyclic) bond motifs is 1. The summed E-state index contributed by atoms with van der Waals surface area (Å²) in [6.45, 7) is 8.15. The van der Waals surface area contributed by atoms with Gasteiger partial charge in [-0.05, 0) is 49.6 Å².